The van der Waals surface area contributed by atoms with Gasteiger partial charge in [0.15, 0.2) is 0 Å². The molecule has 26 heavy (non-hydrogen) atoms. The topological polar surface area (TPSA) is 45.2 Å². The van der Waals surface area contributed by atoms with Gasteiger partial charge in [-0.15, -0.1) is 0 Å². The highest BCUT2D eigenvalue weighted by molar-refractivity contribution is 5.75. The van der Waals surface area contributed by atoms with E-state index >= 15 is 0 Å². The lowest BCUT2D eigenvalue weighted by Crippen LogP contribution is -2.53. The molecule has 2 bridgehead atoms. The van der Waals surface area contributed by atoms with Gasteiger partial charge in [0, 0.05) is 36.9 Å². The molecule has 0 aliphatic heterocycles. The molecule has 0 spiro atoms. The number of aromatic nitrogens is 1. The summed E-state index contributed by atoms with van der Waals surface area (Å²) in [6.45, 7) is 12.3. The van der Waals surface area contributed by atoms with Crippen LogP contribution in [0, 0.1) is 17.3 Å². The fourth-order valence-corrected chi connectivity index (χ4v) is 4.32. The number of nitrogens with zero attached hydrogens (tertiary/aromatic N) is 2. The molecule has 0 saturated heterocycles. The lowest BCUT2D eigenvalue weighted by molar-refractivity contribution is -0.00967. The van der Waals surface area contributed by atoms with Gasteiger partial charge in [-0.1, -0.05) is 31.6 Å². The molecule has 3 aliphatic carbocycles. The maximum absolute atomic E-state index is 12.9. The fourth-order valence-electron chi connectivity index (χ4n) is 4.32. The van der Waals surface area contributed by atoms with Crippen LogP contribution in [0.5, 0.6) is 0 Å². The van der Waals surface area contributed by atoms with Gasteiger partial charge >= 0.3 is 6.03 Å². The van der Waals surface area contributed by atoms with E-state index in [1.165, 1.54) is 12.0 Å². The molecule has 4 heteroatoms. The summed E-state index contributed by atoms with van der Waals surface area (Å²) in [5.41, 5.74) is 2.63. The van der Waals surface area contributed by atoms with E-state index in [-0.39, 0.29) is 11.6 Å². The van der Waals surface area contributed by atoms with Gasteiger partial charge < -0.3 is 10.2 Å². The number of nitrogens with one attached hydrogen (secondary N) is 1. The van der Waals surface area contributed by atoms with Crippen LogP contribution in [0.2, 0.25) is 0 Å². The summed E-state index contributed by atoms with van der Waals surface area (Å²) >= 11 is 0. The van der Waals surface area contributed by atoms with Crippen LogP contribution in [-0.2, 0) is 6.42 Å². The molecule has 1 heterocycles. The zero-order valence-electron chi connectivity index (χ0n) is 16.9. The molecule has 1 N–H and O–H groups in total. The second-order valence-corrected chi connectivity index (χ2v) is 9.49. The molecule has 2 atom stereocenters. The molecule has 4 nitrogen and oxygen atoms in total. The lowest BCUT2D eigenvalue weighted by atomic mass is 9.49. The Hall–Kier alpha value is -1.84. The lowest BCUT2D eigenvalue weighted by Gasteiger charge is -2.57. The van der Waals surface area contributed by atoms with E-state index in [2.05, 4.69) is 30.2 Å². The molecule has 3 aliphatic rings. The minimum absolute atomic E-state index is 0.0218. The maximum Gasteiger partial charge on any atom is 0.318 e. The highest BCUT2D eigenvalue weighted by Gasteiger charge is 2.51. The van der Waals surface area contributed by atoms with Crippen LogP contribution in [0.4, 0.5) is 4.79 Å². The molecular formula is C22H33N3O. The van der Waals surface area contributed by atoms with Crippen molar-refractivity contribution in [2.24, 2.45) is 17.3 Å². The zero-order valence-corrected chi connectivity index (χ0v) is 16.9. The monoisotopic (exact) mass is 355 g/mol. The SMILES string of the molecule is CC(C)(C)NC(=O)N(CCc1ccccn1)CC1=CCC2CC1C2(C)C. The number of carbonyl (C=O) groups is 1. The highest BCUT2D eigenvalue weighted by atomic mass is 16.2. The van der Waals surface area contributed by atoms with Gasteiger partial charge in [0.25, 0.3) is 0 Å². The molecule has 4 rings (SSSR count). The fraction of sp³-hybridized carbons (Fsp3) is 0.636. The Kier molecular flexibility index (Phi) is 5.14. The van der Waals surface area contributed by atoms with Crippen LogP contribution in [-0.4, -0.2) is 34.5 Å². The largest absolute Gasteiger partial charge is 0.333 e. The number of fused-ring (bicyclic) bond motifs is 1. The highest BCUT2D eigenvalue weighted by Crippen LogP contribution is 2.59. The molecule has 1 fully saturated rings. The number of urea groups is 1. The summed E-state index contributed by atoms with van der Waals surface area (Å²) in [7, 11) is 0. The van der Waals surface area contributed by atoms with E-state index in [9.17, 15) is 4.79 Å². The minimum Gasteiger partial charge on any atom is -0.333 e. The Labute approximate surface area is 158 Å². The third-order valence-electron chi connectivity index (χ3n) is 6.09. The van der Waals surface area contributed by atoms with Gasteiger partial charge in [-0.05, 0) is 63.0 Å². The molecule has 1 saturated carbocycles. The normalized spacial score (nSPS) is 23.7. The average Bonchev–Trinajstić information content (AvgIpc) is 2.57. The number of hydrogen-bond acceptors (Lipinski definition) is 2. The number of hydrogen-bond donors (Lipinski definition) is 1. The molecule has 2 unspecified atom stereocenters. The average molecular weight is 356 g/mol. The standard InChI is InChI=1S/C22H33N3O/c1-21(2,3)24-20(26)25(13-11-18-8-6-7-12-23-18)15-16-9-10-17-14-19(16)22(17,4)5/h6-9,12,17,19H,10-11,13-15H2,1-5H3,(H,24,26). The van der Waals surface area contributed by atoms with Crippen molar-refractivity contribution >= 4 is 6.03 Å². The first kappa shape index (κ1) is 18.9. The van der Waals surface area contributed by atoms with Crippen LogP contribution in [0.15, 0.2) is 36.0 Å². The Morgan fingerprint density at radius 3 is 2.69 bits per heavy atom. The molecular weight excluding hydrogens is 322 g/mol. The Bertz CT molecular complexity index is 672. The van der Waals surface area contributed by atoms with E-state index in [1.54, 1.807) is 0 Å². The summed E-state index contributed by atoms with van der Waals surface area (Å²) in [4.78, 5) is 19.3. The molecule has 1 aromatic heterocycles. The van der Waals surface area contributed by atoms with Crippen LogP contribution in [0.3, 0.4) is 0 Å². The van der Waals surface area contributed by atoms with Gasteiger partial charge in [-0.2, -0.15) is 0 Å². The van der Waals surface area contributed by atoms with Crippen molar-refractivity contribution in [3.63, 3.8) is 0 Å². The third-order valence-corrected chi connectivity index (χ3v) is 6.09. The number of amides is 2. The van der Waals surface area contributed by atoms with E-state index in [4.69, 9.17) is 0 Å². The smallest absolute Gasteiger partial charge is 0.318 e. The number of pyridine rings is 1. The Morgan fingerprint density at radius 1 is 1.35 bits per heavy atom. The predicted molar refractivity (Wildman–Crippen MR) is 106 cm³/mol. The minimum atomic E-state index is -0.234. The van der Waals surface area contributed by atoms with Gasteiger partial charge in [0.1, 0.15) is 0 Å². The second kappa shape index (κ2) is 7.05. The van der Waals surface area contributed by atoms with Gasteiger partial charge in [-0.3, -0.25) is 4.98 Å². The van der Waals surface area contributed by atoms with Crippen LogP contribution >= 0.6 is 0 Å². The van der Waals surface area contributed by atoms with Crippen molar-refractivity contribution in [1.29, 1.82) is 0 Å². The molecule has 0 radical (unpaired) electrons. The quantitative estimate of drug-likeness (QED) is 0.794. The van der Waals surface area contributed by atoms with Crippen LogP contribution in [0.1, 0.15) is 53.2 Å². The van der Waals surface area contributed by atoms with Crippen molar-refractivity contribution in [2.75, 3.05) is 13.1 Å². The summed E-state index contributed by atoms with van der Waals surface area (Å²) < 4.78 is 0. The number of rotatable bonds is 5. The first-order chi connectivity index (χ1) is 12.2. The van der Waals surface area contributed by atoms with Crippen molar-refractivity contribution < 1.29 is 4.79 Å². The van der Waals surface area contributed by atoms with E-state index in [0.717, 1.165) is 31.0 Å². The van der Waals surface area contributed by atoms with Gasteiger partial charge in [0.2, 0.25) is 0 Å². The van der Waals surface area contributed by atoms with Crippen molar-refractivity contribution in [2.45, 2.75) is 59.4 Å². The molecule has 0 aromatic carbocycles. The summed E-state index contributed by atoms with van der Waals surface area (Å²) in [6.07, 6.45) is 7.43. The summed E-state index contributed by atoms with van der Waals surface area (Å²) in [6, 6.07) is 5.98. The molecule has 142 valence electrons. The van der Waals surface area contributed by atoms with Gasteiger partial charge in [-0.25, -0.2) is 4.79 Å². The summed E-state index contributed by atoms with van der Waals surface area (Å²) in [5, 5.41) is 3.13. The zero-order chi connectivity index (χ0) is 18.9. The van der Waals surface area contributed by atoms with E-state index < -0.39 is 0 Å². The first-order valence-electron chi connectivity index (χ1n) is 9.83. The number of allylic oxidation sites excluding steroid dienone is 1. The van der Waals surface area contributed by atoms with Crippen LogP contribution < -0.4 is 5.32 Å². The van der Waals surface area contributed by atoms with Crippen molar-refractivity contribution in [3.05, 3.63) is 41.7 Å². The third kappa shape index (κ3) is 4.11. The van der Waals surface area contributed by atoms with E-state index in [0.29, 0.717) is 17.9 Å². The van der Waals surface area contributed by atoms with Crippen molar-refractivity contribution in [3.8, 4) is 0 Å². The van der Waals surface area contributed by atoms with Crippen molar-refractivity contribution in [1.82, 2.24) is 15.2 Å². The number of carbonyl (C=O) groups excluding carboxylic acids is 1. The molecule has 1 aromatic rings. The Morgan fingerprint density at radius 2 is 2.12 bits per heavy atom. The summed E-state index contributed by atoms with van der Waals surface area (Å²) in [5.74, 6) is 1.45. The van der Waals surface area contributed by atoms with Gasteiger partial charge in [0.05, 0.1) is 0 Å². The first-order valence-corrected chi connectivity index (χ1v) is 9.83. The molecule has 2 amide bonds. The Balaban J connectivity index is 1.70. The predicted octanol–water partition coefficient (Wildman–Crippen LogP) is 4.43. The second-order valence-electron chi connectivity index (χ2n) is 9.49. The van der Waals surface area contributed by atoms with E-state index in [1.807, 2.05) is 50.1 Å². The maximum atomic E-state index is 12.9. The van der Waals surface area contributed by atoms with Crippen LogP contribution in [0.25, 0.3) is 0 Å².